The molecule has 0 amide bonds. The van der Waals surface area contributed by atoms with Crippen LogP contribution < -0.4 is 10.0 Å². The van der Waals surface area contributed by atoms with E-state index < -0.39 is 5.97 Å². The van der Waals surface area contributed by atoms with Crippen molar-refractivity contribution in [1.82, 2.24) is 4.98 Å². The molecular weight excluding hydrogens is 204 g/mol. The van der Waals surface area contributed by atoms with E-state index in [1.54, 1.807) is 6.20 Å². The molecule has 0 spiro atoms. The Morgan fingerprint density at radius 2 is 2.50 bits per heavy atom. The third kappa shape index (κ3) is 2.79. The van der Waals surface area contributed by atoms with Crippen molar-refractivity contribution in [2.45, 2.75) is 19.4 Å². The molecule has 0 aromatic carbocycles. The first kappa shape index (κ1) is 11.1. The molecule has 1 aliphatic heterocycles. The predicted octanol–water partition coefficient (Wildman–Crippen LogP) is -1.37. The summed E-state index contributed by atoms with van der Waals surface area (Å²) in [5, 5.41) is 10.8. The number of carboxylic acid groups (broad SMARTS) is 1. The second-order valence-corrected chi connectivity index (χ2v) is 4.40. The Hall–Kier alpha value is -1.42. The molecule has 86 valence electrons. The molecule has 4 nitrogen and oxygen atoms in total. The molecule has 0 radical (unpaired) electrons. The Kier molecular flexibility index (Phi) is 3.51. The molecule has 1 unspecified atom stereocenters. The highest BCUT2D eigenvalue weighted by Crippen LogP contribution is 2.06. The molecule has 2 heterocycles. The molecular formula is C12H16N2O2. The number of carbonyl (C=O) groups excluding carboxylic acids is 1. The Morgan fingerprint density at radius 3 is 3.19 bits per heavy atom. The van der Waals surface area contributed by atoms with E-state index in [4.69, 9.17) is 0 Å². The number of likely N-dealkylation sites (tertiary alicyclic amines) is 1. The van der Waals surface area contributed by atoms with Crippen LogP contribution in [0.1, 0.15) is 18.4 Å². The van der Waals surface area contributed by atoms with Crippen molar-refractivity contribution in [2.75, 3.05) is 13.1 Å². The standard InChI is InChI=1S/C12H16N2O2/c15-12(16)11-4-2-6-14(9-11)8-10-3-1-5-13-7-10/h1,3,5,7,11H,2,4,6,8-9H2,(H,15,16)/t11-/m0/s1. The van der Waals surface area contributed by atoms with Gasteiger partial charge in [0.2, 0.25) is 0 Å². The first-order chi connectivity index (χ1) is 7.75. The number of carbonyl (C=O) groups is 1. The number of carboxylic acids is 1. The van der Waals surface area contributed by atoms with Gasteiger partial charge in [0.25, 0.3) is 0 Å². The lowest BCUT2D eigenvalue weighted by Crippen LogP contribution is -3.12. The van der Waals surface area contributed by atoms with Gasteiger partial charge in [0.05, 0.1) is 19.1 Å². The summed E-state index contributed by atoms with van der Waals surface area (Å²) in [5.41, 5.74) is 1.16. The summed E-state index contributed by atoms with van der Waals surface area (Å²) in [7, 11) is 0. The number of pyridine rings is 1. The number of aromatic nitrogens is 1. The van der Waals surface area contributed by atoms with E-state index in [0.717, 1.165) is 31.5 Å². The van der Waals surface area contributed by atoms with Crippen LogP contribution in [-0.2, 0) is 11.3 Å². The van der Waals surface area contributed by atoms with Crippen LogP contribution in [0.15, 0.2) is 24.5 Å². The van der Waals surface area contributed by atoms with Crippen LogP contribution in [0.3, 0.4) is 0 Å². The highest BCUT2D eigenvalue weighted by molar-refractivity contribution is 5.67. The topological polar surface area (TPSA) is 57.5 Å². The van der Waals surface area contributed by atoms with Gasteiger partial charge in [-0.25, -0.2) is 0 Å². The molecule has 0 bridgehead atoms. The maximum absolute atomic E-state index is 10.8. The third-order valence-corrected chi connectivity index (χ3v) is 3.13. The van der Waals surface area contributed by atoms with Gasteiger partial charge in [0, 0.05) is 23.9 Å². The van der Waals surface area contributed by atoms with Crippen LogP contribution in [0.4, 0.5) is 0 Å². The van der Waals surface area contributed by atoms with Gasteiger partial charge in [-0.3, -0.25) is 4.98 Å². The third-order valence-electron chi connectivity index (χ3n) is 3.13. The number of hydrogen-bond donors (Lipinski definition) is 1. The predicted molar refractivity (Wildman–Crippen MR) is 56.4 cm³/mol. The Bertz CT molecular complexity index is 353. The molecule has 1 aliphatic rings. The van der Waals surface area contributed by atoms with Gasteiger partial charge in [0.1, 0.15) is 6.54 Å². The van der Waals surface area contributed by atoms with Crippen LogP contribution in [0.5, 0.6) is 0 Å². The Morgan fingerprint density at radius 1 is 1.62 bits per heavy atom. The molecule has 16 heavy (non-hydrogen) atoms. The van der Waals surface area contributed by atoms with Crippen molar-refractivity contribution in [3.8, 4) is 0 Å². The summed E-state index contributed by atoms with van der Waals surface area (Å²) in [6, 6.07) is 3.94. The first-order valence-corrected chi connectivity index (χ1v) is 5.69. The van der Waals surface area contributed by atoms with Crippen LogP contribution >= 0.6 is 0 Å². The highest BCUT2D eigenvalue weighted by Gasteiger charge is 2.23. The van der Waals surface area contributed by atoms with E-state index in [2.05, 4.69) is 4.98 Å². The molecule has 0 saturated carbocycles. The quantitative estimate of drug-likeness (QED) is 0.683. The average Bonchev–Trinajstić information content (AvgIpc) is 2.30. The van der Waals surface area contributed by atoms with Gasteiger partial charge in [-0.05, 0) is 18.9 Å². The lowest BCUT2D eigenvalue weighted by molar-refractivity contribution is -0.921. The summed E-state index contributed by atoms with van der Waals surface area (Å²) in [6.45, 7) is 2.58. The Labute approximate surface area is 94.9 Å². The summed E-state index contributed by atoms with van der Waals surface area (Å²) in [6.07, 6.45) is 5.32. The minimum absolute atomic E-state index is 0.277. The monoisotopic (exact) mass is 220 g/mol. The number of nitrogens with zero attached hydrogens (tertiary/aromatic N) is 1. The average molecular weight is 220 g/mol. The van der Waals surface area contributed by atoms with E-state index >= 15 is 0 Å². The smallest absolute Gasteiger partial charge is 0.104 e. The molecule has 4 heteroatoms. The zero-order valence-corrected chi connectivity index (χ0v) is 9.19. The summed E-state index contributed by atoms with van der Waals surface area (Å²) < 4.78 is 0. The number of quaternary nitrogens is 1. The minimum atomic E-state index is -0.900. The van der Waals surface area contributed by atoms with Crippen LogP contribution in [0.2, 0.25) is 0 Å². The minimum Gasteiger partial charge on any atom is -0.550 e. The van der Waals surface area contributed by atoms with Crippen molar-refractivity contribution in [1.29, 1.82) is 0 Å². The number of hydrogen-bond acceptors (Lipinski definition) is 3. The van der Waals surface area contributed by atoms with Crippen molar-refractivity contribution in [3.05, 3.63) is 30.1 Å². The molecule has 1 fully saturated rings. The maximum atomic E-state index is 10.8. The lowest BCUT2D eigenvalue weighted by atomic mass is 9.98. The summed E-state index contributed by atoms with van der Waals surface area (Å²) >= 11 is 0. The number of nitrogens with one attached hydrogen (secondary N) is 1. The maximum Gasteiger partial charge on any atom is 0.104 e. The zero-order valence-electron chi connectivity index (χ0n) is 9.19. The number of rotatable bonds is 3. The molecule has 2 rings (SSSR count). The molecule has 1 aromatic rings. The first-order valence-electron chi connectivity index (χ1n) is 5.69. The van der Waals surface area contributed by atoms with Crippen LogP contribution in [0.25, 0.3) is 0 Å². The molecule has 1 saturated heterocycles. The Balaban J connectivity index is 1.93. The fourth-order valence-electron chi connectivity index (χ4n) is 2.30. The van der Waals surface area contributed by atoms with Crippen molar-refractivity contribution in [2.24, 2.45) is 5.92 Å². The fraction of sp³-hybridized carbons (Fsp3) is 0.500. The van der Waals surface area contributed by atoms with Gasteiger partial charge in [-0.2, -0.15) is 0 Å². The van der Waals surface area contributed by atoms with E-state index in [9.17, 15) is 9.90 Å². The molecule has 1 aromatic heterocycles. The molecule has 0 aliphatic carbocycles. The van der Waals surface area contributed by atoms with E-state index in [-0.39, 0.29) is 5.92 Å². The highest BCUT2D eigenvalue weighted by atomic mass is 16.4. The lowest BCUT2D eigenvalue weighted by Gasteiger charge is -2.30. The number of aliphatic carboxylic acids is 1. The number of piperidine rings is 1. The van der Waals surface area contributed by atoms with Gasteiger partial charge >= 0.3 is 0 Å². The molecule has 2 atom stereocenters. The normalized spacial score (nSPS) is 25.2. The van der Waals surface area contributed by atoms with Crippen LogP contribution in [0, 0.1) is 5.92 Å². The van der Waals surface area contributed by atoms with Crippen molar-refractivity contribution >= 4 is 5.97 Å². The second kappa shape index (κ2) is 5.07. The summed E-state index contributed by atoms with van der Waals surface area (Å²) in [4.78, 5) is 16.2. The van der Waals surface area contributed by atoms with Crippen LogP contribution in [-0.4, -0.2) is 24.0 Å². The largest absolute Gasteiger partial charge is 0.550 e. The molecule has 1 N–H and O–H groups in total. The fourth-order valence-corrected chi connectivity index (χ4v) is 2.30. The van der Waals surface area contributed by atoms with Crippen molar-refractivity contribution in [3.63, 3.8) is 0 Å². The van der Waals surface area contributed by atoms with E-state index in [0.29, 0.717) is 6.54 Å². The van der Waals surface area contributed by atoms with Gasteiger partial charge in [-0.15, -0.1) is 0 Å². The SMILES string of the molecule is O=C([O-])[C@H]1CCC[NH+](Cc2cccnc2)C1. The van der Waals surface area contributed by atoms with Gasteiger partial charge < -0.3 is 14.8 Å². The van der Waals surface area contributed by atoms with Crippen molar-refractivity contribution < 1.29 is 14.8 Å². The summed E-state index contributed by atoms with van der Waals surface area (Å²) in [5.74, 6) is -1.18. The van der Waals surface area contributed by atoms with Gasteiger partial charge in [0.15, 0.2) is 0 Å². The van der Waals surface area contributed by atoms with E-state index in [1.807, 2.05) is 18.3 Å². The second-order valence-electron chi connectivity index (χ2n) is 4.40. The van der Waals surface area contributed by atoms with Gasteiger partial charge in [-0.1, -0.05) is 6.07 Å². The zero-order chi connectivity index (χ0) is 11.4. The van der Waals surface area contributed by atoms with E-state index in [1.165, 1.54) is 4.90 Å².